The predicted octanol–water partition coefficient (Wildman–Crippen LogP) is 6.67. The number of rotatable bonds is 4. The van der Waals surface area contributed by atoms with Gasteiger partial charge in [0.15, 0.2) is 0 Å². The van der Waals surface area contributed by atoms with Gasteiger partial charge in [-0.3, -0.25) is 4.98 Å². The molecule has 3 aromatic heterocycles. The number of hydrogen-bond acceptors (Lipinski definition) is 5. The first-order valence-electron chi connectivity index (χ1n) is 11.7. The summed E-state index contributed by atoms with van der Waals surface area (Å²) in [6, 6.07) is 35.1. The first kappa shape index (κ1) is 23.3. The van der Waals surface area contributed by atoms with Crippen molar-refractivity contribution in [3.8, 4) is 17.3 Å². The van der Waals surface area contributed by atoms with E-state index < -0.39 is 0 Å². The zero-order valence-corrected chi connectivity index (χ0v) is 22.0. The molecule has 0 amide bonds. The van der Waals surface area contributed by atoms with Gasteiger partial charge in [0, 0.05) is 55.2 Å². The van der Waals surface area contributed by atoms with Crippen LogP contribution >= 0.6 is 0 Å². The van der Waals surface area contributed by atoms with Crippen LogP contribution in [0.2, 0.25) is 0 Å². The van der Waals surface area contributed by atoms with Gasteiger partial charge >= 0.3 is 0 Å². The van der Waals surface area contributed by atoms with Gasteiger partial charge < -0.3 is 19.1 Å². The van der Waals surface area contributed by atoms with E-state index in [9.17, 15) is 0 Å². The van der Waals surface area contributed by atoms with Gasteiger partial charge in [-0.25, -0.2) is 4.98 Å². The van der Waals surface area contributed by atoms with Crippen LogP contribution in [-0.4, -0.2) is 21.6 Å². The summed E-state index contributed by atoms with van der Waals surface area (Å²) in [6.45, 7) is 2.03. The number of para-hydroxylation sites is 3. The van der Waals surface area contributed by atoms with E-state index in [4.69, 9.17) is 4.74 Å². The Labute approximate surface area is 229 Å². The number of benzene rings is 3. The summed E-state index contributed by atoms with van der Waals surface area (Å²) >= 11 is 0. The second kappa shape index (κ2) is 9.38. The second-order valence-corrected chi connectivity index (χ2v) is 8.57. The van der Waals surface area contributed by atoms with Crippen LogP contribution in [0.5, 0.6) is 11.6 Å². The van der Waals surface area contributed by atoms with Gasteiger partial charge in [0.05, 0.1) is 5.52 Å². The van der Waals surface area contributed by atoms with Crippen LogP contribution in [-0.2, 0) is 21.1 Å². The molecule has 1 aliphatic heterocycles. The van der Waals surface area contributed by atoms with Crippen molar-refractivity contribution in [2.45, 2.75) is 0 Å². The topological polar surface area (TPSA) is 46.4 Å². The molecule has 4 heterocycles. The normalized spacial score (nSPS) is 12.6. The van der Waals surface area contributed by atoms with E-state index in [-0.39, 0.29) is 21.1 Å². The molecule has 0 saturated carbocycles. The van der Waals surface area contributed by atoms with Crippen molar-refractivity contribution in [3.63, 3.8) is 0 Å². The minimum absolute atomic E-state index is 0. The number of hydrogen-bond donors (Lipinski definition) is 0. The molecule has 1 aliphatic rings. The minimum atomic E-state index is 0. The Morgan fingerprint density at radius 2 is 1.54 bits per heavy atom. The monoisotopic (exact) mass is 661 g/mol. The molecular weight excluding hydrogens is 641 g/mol. The van der Waals surface area contributed by atoms with E-state index in [2.05, 4.69) is 66.8 Å². The van der Waals surface area contributed by atoms with E-state index in [0.29, 0.717) is 11.6 Å². The van der Waals surface area contributed by atoms with E-state index in [1.807, 2.05) is 74.5 Å². The summed E-state index contributed by atoms with van der Waals surface area (Å²) in [5.41, 5.74) is 5.85. The molecule has 0 N–H and O–H groups in total. The van der Waals surface area contributed by atoms with Gasteiger partial charge in [-0.15, -0.1) is 18.2 Å². The maximum absolute atomic E-state index is 6.15. The Balaban J connectivity index is 0.00000252. The molecule has 0 fully saturated rings. The number of nitrogens with zero attached hydrogens (tertiary/aromatic N) is 5. The molecule has 7 heteroatoms. The SMILES string of the molecule is CN1[CH-]N(c2[c-]c(Oc3[c-]c(-n4c5ccccc5c5cccnc54)ccc3)ncc2)c2ccccc21.[Pt]. The van der Waals surface area contributed by atoms with Crippen LogP contribution in [0.4, 0.5) is 17.1 Å². The van der Waals surface area contributed by atoms with E-state index >= 15 is 0 Å². The summed E-state index contributed by atoms with van der Waals surface area (Å²) in [7, 11) is 2.03. The van der Waals surface area contributed by atoms with Crippen molar-refractivity contribution in [3.05, 3.63) is 116 Å². The molecule has 0 saturated heterocycles. The van der Waals surface area contributed by atoms with Gasteiger partial charge in [0.2, 0.25) is 0 Å². The van der Waals surface area contributed by atoms with Crippen molar-refractivity contribution in [1.82, 2.24) is 14.5 Å². The van der Waals surface area contributed by atoms with Crippen molar-refractivity contribution in [2.24, 2.45) is 0 Å². The van der Waals surface area contributed by atoms with E-state index in [1.165, 1.54) is 0 Å². The van der Waals surface area contributed by atoms with Gasteiger partial charge in [-0.2, -0.15) is 30.6 Å². The quantitative estimate of drug-likeness (QED) is 0.198. The zero-order chi connectivity index (χ0) is 24.1. The molecule has 3 aromatic carbocycles. The third-order valence-electron chi connectivity index (χ3n) is 6.36. The molecule has 184 valence electrons. The Hall–Kier alpha value is -4.15. The number of anilines is 3. The summed E-state index contributed by atoms with van der Waals surface area (Å²) in [5, 5.41) is 2.25. The van der Waals surface area contributed by atoms with Gasteiger partial charge in [-0.1, -0.05) is 36.0 Å². The number of pyridine rings is 2. The van der Waals surface area contributed by atoms with Crippen LogP contribution in [0.25, 0.3) is 27.6 Å². The summed E-state index contributed by atoms with van der Waals surface area (Å²) in [4.78, 5) is 13.2. The van der Waals surface area contributed by atoms with Crippen LogP contribution in [0.3, 0.4) is 0 Å². The molecule has 0 unspecified atom stereocenters. The standard InChI is InChI=1S/C30H20N5O.Pt/c1-33-20-34(28-14-5-4-13-27(28)33)21-15-17-31-29(19-21)36-23-9-6-8-22(18-23)35-26-12-3-2-10-24(26)25-11-7-16-32-30(25)35;/h2-17,20H,1H3;/q-3;. The molecule has 0 atom stereocenters. The molecule has 6 aromatic rings. The van der Waals surface area contributed by atoms with E-state index in [0.717, 1.165) is 44.7 Å². The molecule has 6 nitrogen and oxygen atoms in total. The molecule has 0 aliphatic carbocycles. The van der Waals surface area contributed by atoms with E-state index in [1.54, 1.807) is 6.20 Å². The summed E-state index contributed by atoms with van der Waals surface area (Å²) in [5.74, 6) is 0.930. The minimum Gasteiger partial charge on any atom is -0.504 e. The average molecular weight is 662 g/mol. The molecule has 0 radical (unpaired) electrons. The van der Waals surface area contributed by atoms with Crippen LogP contribution in [0.1, 0.15) is 0 Å². The number of fused-ring (bicyclic) bond motifs is 4. The predicted molar refractivity (Wildman–Crippen MR) is 142 cm³/mol. The first-order valence-corrected chi connectivity index (χ1v) is 11.7. The summed E-state index contributed by atoms with van der Waals surface area (Å²) < 4.78 is 8.25. The van der Waals surface area contributed by atoms with Crippen LogP contribution in [0.15, 0.2) is 97.3 Å². The fourth-order valence-corrected chi connectivity index (χ4v) is 4.78. The van der Waals surface area contributed by atoms with Gasteiger partial charge in [0.25, 0.3) is 0 Å². The maximum Gasteiger partial charge on any atom is 0.143 e. The van der Waals surface area contributed by atoms with Crippen molar-refractivity contribution in [2.75, 3.05) is 16.8 Å². The van der Waals surface area contributed by atoms with Crippen LogP contribution < -0.4 is 14.5 Å². The fourth-order valence-electron chi connectivity index (χ4n) is 4.78. The number of aromatic nitrogens is 3. The summed E-state index contributed by atoms with van der Waals surface area (Å²) in [6.07, 6.45) is 3.55. The Kier molecular flexibility index (Phi) is 5.90. The van der Waals surface area contributed by atoms with Crippen molar-refractivity contribution >= 4 is 39.0 Å². The fraction of sp³-hybridized carbons (Fsp3) is 0.0333. The van der Waals surface area contributed by atoms with Crippen molar-refractivity contribution in [1.29, 1.82) is 0 Å². The van der Waals surface area contributed by atoms with Crippen molar-refractivity contribution < 1.29 is 25.8 Å². The Bertz CT molecular complexity index is 1690. The average Bonchev–Trinajstić information content (AvgIpc) is 3.44. The smallest absolute Gasteiger partial charge is 0.143 e. The second-order valence-electron chi connectivity index (χ2n) is 8.57. The number of ether oxygens (including phenoxy) is 1. The third kappa shape index (κ3) is 3.94. The molecule has 0 bridgehead atoms. The largest absolute Gasteiger partial charge is 0.504 e. The van der Waals surface area contributed by atoms with Crippen LogP contribution in [0, 0.1) is 18.8 Å². The Morgan fingerprint density at radius 3 is 2.46 bits per heavy atom. The molecule has 37 heavy (non-hydrogen) atoms. The molecule has 7 rings (SSSR count). The maximum atomic E-state index is 6.15. The zero-order valence-electron chi connectivity index (χ0n) is 19.8. The molecule has 0 spiro atoms. The van der Waals surface area contributed by atoms with Gasteiger partial charge in [0.1, 0.15) is 11.5 Å². The first-order chi connectivity index (χ1) is 17.8. The third-order valence-corrected chi connectivity index (χ3v) is 6.36. The van der Waals surface area contributed by atoms with Gasteiger partial charge in [-0.05, 0) is 43.6 Å². The molecular formula is C30H20N5OPt-3. The Morgan fingerprint density at radius 1 is 0.730 bits per heavy atom.